The minimum Gasteiger partial charge on any atom is -0.361 e. The van der Waals surface area contributed by atoms with Crippen molar-refractivity contribution in [3.05, 3.63) is 236 Å². The Bertz CT molecular complexity index is 5280. The molecule has 5 aromatic carbocycles. The van der Waals surface area contributed by atoms with Crippen LogP contribution in [0.5, 0.6) is 0 Å². The molecule has 0 spiro atoms. The average molecular weight is 1690 g/mol. The summed E-state index contributed by atoms with van der Waals surface area (Å²) in [4.78, 5) is 80.4. The van der Waals surface area contributed by atoms with Gasteiger partial charge in [0.25, 0.3) is 29.5 Å². The Morgan fingerprint density at radius 1 is 0.248 bits per heavy atom. The number of hydrogen-bond donors (Lipinski definition) is 0. The summed E-state index contributed by atoms with van der Waals surface area (Å²) >= 11 is 0. The van der Waals surface area contributed by atoms with Crippen LogP contribution in [0.25, 0.3) is 0 Å². The zero-order valence-electron chi connectivity index (χ0n) is 75.6. The summed E-state index contributed by atoms with van der Waals surface area (Å²) in [6.07, 6.45) is 38.5. The summed E-state index contributed by atoms with van der Waals surface area (Å²) in [5.41, 5.74) is 21.6. The lowest BCUT2D eigenvalue weighted by molar-refractivity contribution is 0.0820. The molecule has 20 rings (SSSR count). The van der Waals surface area contributed by atoms with E-state index in [9.17, 15) is 24.0 Å². The Morgan fingerprint density at radius 2 is 0.432 bits per heavy atom. The Kier molecular flexibility index (Phi) is 27.4. The first kappa shape index (κ1) is 87.0. The molecule has 0 bridgehead atoms. The van der Waals surface area contributed by atoms with Gasteiger partial charge in [0.1, 0.15) is 0 Å². The molecule has 0 N–H and O–H groups in total. The first-order valence-corrected chi connectivity index (χ1v) is 46.1. The summed E-state index contributed by atoms with van der Waals surface area (Å²) in [5, 5.41) is 24.0. The van der Waals surface area contributed by atoms with Gasteiger partial charge in [-0.25, -0.2) is 0 Å². The van der Waals surface area contributed by atoms with E-state index in [1.165, 1.54) is 185 Å². The van der Waals surface area contributed by atoms with Gasteiger partial charge in [-0.05, 0) is 185 Å². The third kappa shape index (κ3) is 21.7. The molecule has 660 valence electrons. The zero-order chi connectivity index (χ0) is 86.9. The van der Waals surface area contributed by atoms with Gasteiger partial charge in [0, 0.05) is 251 Å². The number of fused-ring (bicyclic) bond motifs is 5. The molecule has 5 saturated carbocycles. The molecule has 25 heteroatoms. The van der Waals surface area contributed by atoms with Gasteiger partial charge in [0.2, 0.25) is 0 Å². The molecule has 0 radical (unpaired) electrons. The third-order valence-corrected chi connectivity index (χ3v) is 26.8. The zero-order valence-corrected chi connectivity index (χ0v) is 75.6. The first-order chi connectivity index (χ1) is 60.5. The largest absolute Gasteiger partial charge is 0.361 e. The molecule has 5 aliphatic carbocycles. The molecular formula is C100H130N20O5. The van der Waals surface area contributed by atoms with Crippen LogP contribution in [-0.4, -0.2) is 173 Å². The van der Waals surface area contributed by atoms with Gasteiger partial charge in [-0.1, -0.05) is 94.5 Å². The van der Waals surface area contributed by atoms with Crippen molar-refractivity contribution in [3.63, 3.8) is 0 Å². The minimum absolute atomic E-state index is 0.0402. The standard InChI is InChI=1S/C22H30N4O.C21H28N4O.C20H26N4O.C19H24N4O.C18H22N4O/c1-24(2)22(27)18-10-7-11-20(12-18)25-14-19-15-26(23-21(19)16-25)13-17-8-5-3-4-6-9-17;1-23(2)21(26)17-9-6-10-19(11-17)24-13-18-14-25(22-20(18)15-24)12-16-7-4-3-5-8-16;1-22(2)20(25)16-8-5-9-18(10-16)23-12-17-13-24(21-19(17)14-23)11-15-6-3-4-7-15;1-21(2)19(24)15-7-4-8-17(9-15)22-11-16-12-23(20-18(16)13-22)10-14-5-3-6-14;1-20(2)18(23)14-4-3-5-16(8-14)21-10-15-11-22(9-13-6-7-13)19-17(15)12-21/h7,10-12,15,17H,3-6,8-9,13-14,16H2,1-2H3;6,9-11,14,16H,3-5,7-8,12-13,15H2,1-2H3;5,8-10,13,15H,3-4,6-7,11-12,14H2,1-2H3;4,7-9,12,14H,3,5-6,10-11,13H2,1-2H3;3-5,8,11,13H,6-7,9-10,12H2,1-2H3. The monoisotopic (exact) mass is 1690 g/mol. The predicted octanol–water partition coefficient (Wildman–Crippen LogP) is 16.5. The molecule has 0 saturated heterocycles. The van der Waals surface area contributed by atoms with Crippen molar-refractivity contribution in [2.45, 2.75) is 227 Å². The van der Waals surface area contributed by atoms with E-state index in [1.54, 1.807) is 95.0 Å². The van der Waals surface area contributed by atoms with Crippen molar-refractivity contribution in [2.24, 2.45) is 29.6 Å². The van der Waals surface area contributed by atoms with Crippen molar-refractivity contribution < 1.29 is 24.0 Å². The summed E-state index contributed by atoms with van der Waals surface area (Å²) in [5.74, 6) is 4.28. The quantitative estimate of drug-likeness (QED) is 0.0650. The van der Waals surface area contributed by atoms with E-state index in [0.29, 0.717) is 0 Å². The molecule has 25 nitrogen and oxygen atoms in total. The molecule has 125 heavy (non-hydrogen) atoms. The number of hydrogen-bond acceptors (Lipinski definition) is 15. The number of amides is 5. The smallest absolute Gasteiger partial charge is 0.253 e. The average Bonchev–Trinajstić information content (AvgIpc) is 1.67. The number of rotatable bonds is 20. The summed E-state index contributed by atoms with van der Waals surface area (Å²) in [6.45, 7) is 13.8. The Morgan fingerprint density at radius 3 is 0.608 bits per heavy atom. The van der Waals surface area contributed by atoms with Gasteiger partial charge in [-0.15, -0.1) is 0 Å². The second-order valence-corrected chi connectivity index (χ2v) is 37.9. The lowest BCUT2D eigenvalue weighted by Crippen LogP contribution is -2.22. The van der Waals surface area contributed by atoms with Crippen LogP contribution in [0.4, 0.5) is 28.4 Å². The van der Waals surface area contributed by atoms with E-state index in [2.05, 4.69) is 109 Å². The topological polar surface area (TPSA) is 207 Å². The van der Waals surface area contributed by atoms with Crippen LogP contribution in [0, 0.1) is 29.6 Å². The van der Waals surface area contributed by atoms with Gasteiger partial charge >= 0.3 is 0 Å². The molecule has 5 fully saturated rings. The Hall–Kier alpha value is -11.5. The molecule has 10 heterocycles. The first-order valence-electron chi connectivity index (χ1n) is 46.1. The van der Waals surface area contributed by atoms with Crippen molar-refractivity contribution in [2.75, 3.05) is 95.0 Å². The number of aromatic nitrogens is 10. The SMILES string of the molecule is CN(C)C(=O)c1cccc(N2Cc3cn(CC4CC4)nc3C2)c1.CN(C)C(=O)c1cccc(N2Cc3cn(CC4CCC4)nc3C2)c1.CN(C)C(=O)c1cccc(N2Cc3cn(CC4CCCC4)nc3C2)c1.CN(C)C(=O)c1cccc(N2Cc3cn(CC4CCCCC4)nc3C2)c1.CN(C)C(=O)c1cccc(N2Cc3cn(CC4CCCCCC4)nc3C2)c1. The highest BCUT2D eigenvalue weighted by Gasteiger charge is 2.33. The van der Waals surface area contributed by atoms with Gasteiger partial charge in [0.15, 0.2) is 0 Å². The molecule has 10 aromatic rings. The van der Waals surface area contributed by atoms with Crippen LogP contribution in [0.1, 0.15) is 236 Å². The fourth-order valence-electron chi connectivity index (χ4n) is 19.3. The predicted molar refractivity (Wildman–Crippen MR) is 493 cm³/mol. The Balaban J connectivity index is 0.000000115. The number of carbonyl (C=O) groups excluding carboxylic acids is 5. The minimum atomic E-state index is 0.0402. The maximum Gasteiger partial charge on any atom is 0.253 e. The van der Waals surface area contributed by atoms with Gasteiger partial charge in [-0.2, -0.15) is 25.5 Å². The number of carbonyl (C=O) groups is 5. The lowest BCUT2D eigenvalue weighted by Gasteiger charge is -2.25. The molecule has 10 aliphatic rings. The van der Waals surface area contributed by atoms with E-state index in [0.717, 1.165) is 184 Å². The molecule has 0 atom stereocenters. The maximum atomic E-state index is 12.2. The number of benzene rings is 5. The normalized spacial score (nSPS) is 17.1. The van der Waals surface area contributed by atoms with Crippen molar-refractivity contribution >= 4 is 58.0 Å². The highest BCUT2D eigenvalue weighted by molar-refractivity contribution is 5.97. The Labute approximate surface area is 738 Å². The fraction of sp³-hybridized carbons (Fsp3) is 0.500. The van der Waals surface area contributed by atoms with E-state index < -0.39 is 0 Å². The molecule has 5 amide bonds. The molecule has 0 unspecified atom stereocenters. The van der Waals surface area contributed by atoms with E-state index in [1.807, 2.05) is 91.0 Å². The van der Waals surface area contributed by atoms with E-state index >= 15 is 0 Å². The highest BCUT2D eigenvalue weighted by atomic mass is 16.2. The van der Waals surface area contributed by atoms with Crippen LogP contribution in [0.2, 0.25) is 0 Å². The van der Waals surface area contributed by atoms with Crippen molar-refractivity contribution in [3.8, 4) is 0 Å². The second kappa shape index (κ2) is 39.4. The summed E-state index contributed by atoms with van der Waals surface area (Å²) < 4.78 is 10.8. The molecule has 5 aliphatic heterocycles. The van der Waals surface area contributed by atoms with Crippen LogP contribution in [0.3, 0.4) is 0 Å². The second-order valence-electron chi connectivity index (χ2n) is 37.9. The summed E-state index contributed by atoms with van der Waals surface area (Å²) in [6, 6.07) is 39.5. The van der Waals surface area contributed by atoms with E-state index in [4.69, 9.17) is 25.5 Å². The van der Waals surface area contributed by atoms with Crippen molar-refractivity contribution in [1.82, 2.24) is 73.4 Å². The third-order valence-electron chi connectivity index (χ3n) is 26.8. The van der Waals surface area contributed by atoms with Gasteiger partial charge in [0.05, 0.1) is 61.2 Å². The van der Waals surface area contributed by atoms with Crippen LogP contribution >= 0.6 is 0 Å². The van der Waals surface area contributed by atoms with Gasteiger partial charge < -0.3 is 49.0 Å². The maximum absolute atomic E-state index is 12.2. The van der Waals surface area contributed by atoms with Crippen LogP contribution < -0.4 is 24.5 Å². The lowest BCUT2D eigenvalue weighted by atomic mass is 9.85. The fourth-order valence-corrected chi connectivity index (χ4v) is 19.3. The molecular weight excluding hydrogens is 1560 g/mol. The van der Waals surface area contributed by atoms with E-state index in [-0.39, 0.29) is 29.5 Å². The van der Waals surface area contributed by atoms with Crippen molar-refractivity contribution in [1.29, 1.82) is 0 Å². The van der Waals surface area contributed by atoms with Crippen LogP contribution in [-0.2, 0) is 98.2 Å². The number of nitrogens with zero attached hydrogens (tertiary/aromatic N) is 20. The number of anilines is 5. The van der Waals surface area contributed by atoms with Crippen LogP contribution in [0.15, 0.2) is 152 Å². The highest BCUT2D eigenvalue weighted by Crippen LogP contribution is 2.38. The van der Waals surface area contributed by atoms with Gasteiger partial charge in [-0.3, -0.25) is 47.4 Å². The molecule has 5 aromatic heterocycles. The summed E-state index contributed by atoms with van der Waals surface area (Å²) in [7, 11) is 17.9.